The van der Waals surface area contributed by atoms with Gasteiger partial charge in [-0.2, -0.15) is 4.31 Å². The van der Waals surface area contributed by atoms with E-state index < -0.39 is 10.0 Å². The molecule has 1 aromatic heterocycles. The Morgan fingerprint density at radius 1 is 1.42 bits per heavy atom. The van der Waals surface area contributed by atoms with Crippen molar-refractivity contribution < 1.29 is 8.42 Å². The molecule has 1 unspecified atom stereocenters. The Labute approximate surface area is 124 Å². The molecule has 2 heterocycles. The highest BCUT2D eigenvalue weighted by Gasteiger charge is 2.32. The Bertz CT molecular complexity index is 530. The van der Waals surface area contributed by atoms with Crippen molar-refractivity contribution >= 4 is 33.0 Å². The quantitative estimate of drug-likeness (QED) is 0.801. The molecule has 1 atom stereocenters. The fraction of sp³-hybridized carbons (Fsp3) is 0.667. The zero-order valence-corrected chi connectivity index (χ0v) is 13.6. The summed E-state index contributed by atoms with van der Waals surface area (Å²) in [6.07, 6.45) is 0.869. The van der Waals surface area contributed by atoms with Crippen molar-refractivity contribution in [3.8, 4) is 0 Å². The molecule has 1 aromatic rings. The van der Waals surface area contributed by atoms with E-state index in [4.69, 9.17) is 11.6 Å². The zero-order valence-electron chi connectivity index (χ0n) is 11.2. The summed E-state index contributed by atoms with van der Waals surface area (Å²) >= 11 is 7.01. The highest BCUT2D eigenvalue weighted by molar-refractivity contribution is 7.91. The average Bonchev–Trinajstić information content (AvgIpc) is 2.76. The first-order valence-corrected chi connectivity index (χ1v) is 9.09. The summed E-state index contributed by atoms with van der Waals surface area (Å²) < 4.78 is 27.3. The van der Waals surface area contributed by atoms with Crippen LogP contribution in [0.25, 0.3) is 0 Å². The normalized spacial score (nSPS) is 23.4. The van der Waals surface area contributed by atoms with E-state index in [0.29, 0.717) is 16.6 Å². The van der Waals surface area contributed by atoms with Crippen LogP contribution in [0.15, 0.2) is 16.3 Å². The lowest BCUT2D eigenvalue weighted by atomic mass is 10.3. The van der Waals surface area contributed by atoms with Crippen LogP contribution >= 0.6 is 22.9 Å². The largest absolute Gasteiger partial charge is 0.305 e. The smallest absolute Gasteiger partial charge is 0.252 e. The van der Waals surface area contributed by atoms with E-state index in [1.165, 1.54) is 11.3 Å². The molecule has 0 spiro atoms. The first kappa shape index (κ1) is 15.3. The lowest BCUT2D eigenvalue weighted by molar-refractivity contribution is 0.291. The molecule has 4 nitrogen and oxygen atoms in total. The van der Waals surface area contributed by atoms with Gasteiger partial charge in [0.25, 0.3) is 10.0 Å². The van der Waals surface area contributed by atoms with Crippen molar-refractivity contribution in [2.24, 2.45) is 0 Å². The molecule has 19 heavy (non-hydrogen) atoms. The first-order chi connectivity index (χ1) is 8.95. The number of alkyl halides is 1. The van der Waals surface area contributed by atoms with E-state index in [1.807, 2.05) is 14.0 Å². The highest BCUT2D eigenvalue weighted by Crippen LogP contribution is 2.28. The van der Waals surface area contributed by atoms with Crippen LogP contribution < -0.4 is 0 Å². The molecule has 1 aliphatic rings. The number of hydrogen-bond donors (Lipinski definition) is 0. The lowest BCUT2D eigenvalue weighted by Gasteiger charge is -2.26. The molecule has 1 fully saturated rings. The summed E-state index contributed by atoms with van der Waals surface area (Å²) in [4.78, 5) is 3.07. The molecule has 0 bridgehead atoms. The van der Waals surface area contributed by atoms with Gasteiger partial charge in [-0.1, -0.05) is 0 Å². The van der Waals surface area contributed by atoms with Gasteiger partial charge in [0.1, 0.15) is 4.21 Å². The molecule has 0 aliphatic carbocycles. The number of thiophene rings is 1. The molecule has 2 rings (SSSR count). The van der Waals surface area contributed by atoms with Gasteiger partial charge in [-0.15, -0.1) is 22.9 Å². The van der Waals surface area contributed by atoms with Crippen LogP contribution in [0, 0.1) is 0 Å². The summed E-state index contributed by atoms with van der Waals surface area (Å²) in [7, 11) is -1.35. The Hall–Kier alpha value is -0.140. The molecule has 0 saturated carbocycles. The minimum atomic E-state index is -3.38. The summed E-state index contributed by atoms with van der Waals surface area (Å²) in [6.45, 7) is 4.26. The predicted octanol–water partition coefficient (Wildman–Crippen LogP) is 2.20. The molecule has 1 aliphatic heterocycles. The Balaban J connectivity index is 2.27. The lowest BCUT2D eigenvalue weighted by Crippen LogP contribution is -2.41. The summed E-state index contributed by atoms with van der Waals surface area (Å²) in [5.74, 6) is 0.360. The maximum atomic E-state index is 12.7. The average molecular weight is 323 g/mol. The van der Waals surface area contributed by atoms with E-state index in [1.54, 1.807) is 16.4 Å². The van der Waals surface area contributed by atoms with Crippen LogP contribution in [0.2, 0.25) is 0 Å². The topological polar surface area (TPSA) is 40.6 Å². The summed E-state index contributed by atoms with van der Waals surface area (Å²) in [5.41, 5.74) is 0. The van der Waals surface area contributed by atoms with Gasteiger partial charge in [0, 0.05) is 24.0 Å². The minimum absolute atomic E-state index is 0.000878. The number of likely N-dealkylation sites (N-methyl/N-ethyl adjacent to an activating group) is 1. The fourth-order valence-corrected chi connectivity index (χ4v) is 5.64. The second-order valence-corrected chi connectivity index (χ2v) is 8.49. The van der Waals surface area contributed by atoms with Gasteiger partial charge in [-0.05, 0) is 39.1 Å². The zero-order chi connectivity index (χ0) is 14.0. The molecular weight excluding hydrogens is 304 g/mol. The van der Waals surface area contributed by atoms with Crippen LogP contribution in [0.5, 0.6) is 0 Å². The van der Waals surface area contributed by atoms with Crippen molar-refractivity contribution in [1.82, 2.24) is 9.21 Å². The molecule has 7 heteroatoms. The van der Waals surface area contributed by atoms with Crippen LogP contribution in [-0.4, -0.2) is 50.3 Å². The minimum Gasteiger partial charge on any atom is -0.305 e. The molecule has 0 N–H and O–H groups in total. The number of hydrogen-bond acceptors (Lipinski definition) is 4. The third kappa shape index (κ3) is 3.31. The van der Waals surface area contributed by atoms with E-state index in [9.17, 15) is 8.42 Å². The number of sulfonamides is 1. The second kappa shape index (κ2) is 6.10. The van der Waals surface area contributed by atoms with E-state index in [-0.39, 0.29) is 6.04 Å². The molecule has 108 valence electrons. The van der Waals surface area contributed by atoms with Crippen molar-refractivity contribution in [3.05, 3.63) is 17.0 Å². The van der Waals surface area contributed by atoms with E-state index >= 15 is 0 Å². The SMILES string of the molecule is CC1CN(C)CCCN1S(=O)(=O)c1ccc(CCl)s1. The van der Waals surface area contributed by atoms with Crippen LogP contribution in [0.3, 0.4) is 0 Å². The molecule has 1 saturated heterocycles. The third-order valence-corrected chi connectivity index (χ3v) is 7.33. The summed E-state index contributed by atoms with van der Waals surface area (Å²) in [6, 6.07) is 3.46. The molecular formula is C12H19ClN2O2S2. The Kier molecular flexibility index (Phi) is 4.89. The highest BCUT2D eigenvalue weighted by atomic mass is 35.5. The third-order valence-electron chi connectivity index (χ3n) is 3.32. The van der Waals surface area contributed by atoms with E-state index in [2.05, 4.69) is 4.90 Å². The molecule has 0 radical (unpaired) electrons. The molecule has 0 aromatic carbocycles. The van der Waals surface area contributed by atoms with Gasteiger partial charge < -0.3 is 4.90 Å². The van der Waals surface area contributed by atoms with Gasteiger partial charge in [0.15, 0.2) is 0 Å². The van der Waals surface area contributed by atoms with Gasteiger partial charge in [-0.25, -0.2) is 8.42 Å². The van der Waals surface area contributed by atoms with Crippen molar-refractivity contribution in [2.75, 3.05) is 26.7 Å². The second-order valence-electron chi connectivity index (χ2n) is 4.93. The fourth-order valence-electron chi connectivity index (χ4n) is 2.39. The molecule has 0 amide bonds. The number of nitrogens with zero attached hydrogens (tertiary/aromatic N) is 2. The van der Waals surface area contributed by atoms with Crippen LogP contribution in [-0.2, 0) is 15.9 Å². The Morgan fingerprint density at radius 2 is 2.16 bits per heavy atom. The van der Waals surface area contributed by atoms with Gasteiger partial charge in [-0.3, -0.25) is 0 Å². The van der Waals surface area contributed by atoms with Crippen molar-refractivity contribution in [2.45, 2.75) is 29.5 Å². The number of rotatable bonds is 3. The predicted molar refractivity (Wildman–Crippen MR) is 79.3 cm³/mol. The Morgan fingerprint density at radius 3 is 2.79 bits per heavy atom. The van der Waals surface area contributed by atoms with E-state index in [0.717, 1.165) is 24.4 Å². The maximum absolute atomic E-state index is 12.7. The monoisotopic (exact) mass is 322 g/mol. The van der Waals surface area contributed by atoms with Crippen molar-refractivity contribution in [3.63, 3.8) is 0 Å². The van der Waals surface area contributed by atoms with Gasteiger partial charge >= 0.3 is 0 Å². The van der Waals surface area contributed by atoms with Crippen LogP contribution in [0.1, 0.15) is 18.2 Å². The van der Waals surface area contributed by atoms with Crippen molar-refractivity contribution in [1.29, 1.82) is 0 Å². The first-order valence-electron chi connectivity index (χ1n) is 6.30. The number of halogens is 1. The van der Waals surface area contributed by atoms with Crippen LogP contribution in [0.4, 0.5) is 0 Å². The standard InChI is InChI=1S/C12H19ClN2O2S2/c1-10-9-14(2)6-3-7-15(10)19(16,17)12-5-4-11(8-13)18-12/h4-5,10H,3,6-9H2,1-2H3. The summed E-state index contributed by atoms with van der Waals surface area (Å²) in [5, 5.41) is 0. The maximum Gasteiger partial charge on any atom is 0.252 e. The van der Waals surface area contributed by atoms with Gasteiger partial charge in [0.05, 0.1) is 5.88 Å². The van der Waals surface area contributed by atoms with Gasteiger partial charge in [0.2, 0.25) is 0 Å².